The van der Waals surface area contributed by atoms with Crippen molar-refractivity contribution in [2.75, 3.05) is 5.73 Å². The van der Waals surface area contributed by atoms with Crippen molar-refractivity contribution in [3.8, 4) is 10.4 Å². The summed E-state index contributed by atoms with van der Waals surface area (Å²) < 4.78 is 4.22. The van der Waals surface area contributed by atoms with E-state index in [-0.39, 0.29) is 0 Å². The molecule has 0 saturated heterocycles. The topological polar surface area (TPSA) is 38.9 Å². The molecule has 1 heterocycles. The lowest BCUT2D eigenvalue weighted by molar-refractivity contribution is 1.35. The predicted octanol–water partition coefficient (Wildman–Crippen LogP) is 2.70. The largest absolute Gasteiger partial charge is 0.399 e. The maximum Gasteiger partial charge on any atom is 0.0553 e. The molecule has 0 unspecified atom stereocenters. The summed E-state index contributed by atoms with van der Waals surface area (Å²) in [5.41, 5.74) is 8.68. The van der Waals surface area contributed by atoms with Crippen LogP contribution in [0.25, 0.3) is 10.4 Å². The third-order valence-corrected chi connectivity index (χ3v) is 2.73. The van der Waals surface area contributed by atoms with Crippen molar-refractivity contribution < 1.29 is 0 Å². The lowest BCUT2D eigenvalue weighted by atomic mass is 10.1. The molecule has 0 amide bonds. The smallest absolute Gasteiger partial charge is 0.0553 e. The number of rotatable bonds is 1. The summed E-state index contributed by atoms with van der Waals surface area (Å²) in [6.45, 7) is 1.99. The quantitative estimate of drug-likeness (QED) is 0.702. The van der Waals surface area contributed by atoms with E-state index in [1.54, 1.807) is 0 Å². The van der Waals surface area contributed by atoms with Gasteiger partial charge in [-0.25, -0.2) is 0 Å². The van der Waals surface area contributed by atoms with E-state index >= 15 is 0 Å². The Morgan fingerprint density at radius 2 is 2.15 bits per heavy atom. The number of nitrogens with zero attached hydrogens (tertiary/aromatic N) is 1. The highest BCUT2D eigenvalue weighted by Gasteiger charge is 2.01. The fourth-order valence-corrected chi connectivity index (χ4v) is 1.94. The van der Waals surface area contributed by atoms with Crippen LogP contribution in [0.2, 0.25) is 0 Å². The van der Waals surface area contributed by atoms with Gasteiger partial charge in [0.05, 0.1) is 10.6 Å². The number of benzene rings is 1. The van der Waals surface area contributed by atoms with Crippen LogP contribution >= 0.6 is 11.5 Å². The van der Waals surface area contributed by atoms with Crippen molar-refractivity contribution in [2.24, 2.45) is 0 Å². The van der Waals surface area contributed by atoms with Crippen LogP contribution in [0, 0.1) is 6.92 Å². The molecule has 2 N–H and O–H groups in total. The molecule has 0 saturated carbocycles. The maximum absolute atomic E-state index is 5.69. The predicted molar refractivity (Wildman–Crippen MR) is 56.7 cm³/mol. The standard InChI is InChI=1S/C10H10N2S/c1-7-5-10(13-12-7)8-3-2-4-9(11)6-8/h2-6H,11H2,1H3. The van der Waals surface area contributed by atoms with Gasteiger partial charge in [0.1, 0.15) is 0 Å². The first-order valence-electron chi connectivity index (χ1n) is 4.05. The zero-order valence-corrected chi connectivity index (χ0v) is 8.14. The summed E-state index contributed by atoms with van der Waals surface area (Å²) >= 11 is 1.51. The van der Waals surface area contributed by atoms with Gasteiger partial charge in [-0.3, -0.25) is 0 Å². The Morgan fingerprint density at radius 1 is 1.31 bits per heavy atom. The van der Waals surface area contributed by atoms with Crippen LogP contribution in [0.1, 0.15) is 5.69 Å². The Hall–Kier alpha value is -1.35. The molecule has 3 heteroatoms. The van der Waals surface area contributed by atoms with E-state index in [9.17, 15) is 0 Å². The maximum atomic E-state index is 5.69. The fraction of sp³-hybridized carbons (Fsp3) is 0.100. The summed E-state index contributed by atoms with van der Waals surface area (Å²) in [6.07, 6.45) is 0. The van der Waals surface area contributed by atoms with Gasteiger partial charge in [0.25, 0.3) is 0 Å². The number of nitrogen functional groups attached to an aromatic ring is 1. The van der Waals surface area contributed by atoms with Crippen LogP contribution in [0.4, 0.5) is 5.69 Å². The third kappa shape index (κ3) is 1.70. The van der Waals surface area contributed by atoms with Crippen LogP contribution in [-0.4, -0.2) is 4.37 Å². The third-order valence-electron chi connectivity index (χ3n) is 1.80. The summed E-state index contributed by atoms with van der Waals surface area (Å²) in [7, 11) is 0. The normalized spacial score (nSPS) is 10.2. The van der Waals surface area contributed by atoms with Gasteiger partial charge in [0.15, 0.2) is 0 Å². The number of nitrogens with two attached hydrogens (primary N) is 1. The lowest BCUT2D eigenvalue weighted by Crippen LogP contribution is -1.83. The van der Waals surface area contributed by atoms with Crippen molar-refractivity contribution in [1.82, 2.24) is 4.37 Å². The number of aryl methyl sites for hydroxylation is 1. The second-order valence-electron chi connectivity index (χ2n) is 2.96. The first-order chi connectivity index (χ1) is 6.25. The molecule has 0 radical (unpaired) electrons. The average Bonchev–Trinajstić information content (AvgIpc) is 2.52. The number of hydrogen-bond acceptors (Lipinski definition) is 3. The highest BCUT2D eigenvalue weighted by molar-refractivity contribution is 7.09. The summed E-state index contributed by atoms with van der Waals surface area (Å²) in [4.78, 5) is 1.17. The molecule has 2 rings (SSSR count). The van der Waals surface area contributed by atoms with Crippen LogP contribution in [-0.2, 0) is 0 Å². The van der Waals surface area contributed by atoms with E-state index in [1.807, 2.05) is 31.2 Å². The highest BCUT2D eigenvalue weighted by Crippen LogP contribution is 2.25. The Morgan fingerprint density at radius 3 is 2.77 bits per heavy atom. The number of hydrogen-bond donors (Lipinski definition) is 1. The number of anilines is 1. The van der Waals surface area contributed by atoms with Crippen molar-refractivity contribution in [1.29, 1.82) is 0 Å². The van der Waals surface area contributed by atoms with E-state index in [0.29, 0.717) is 0 Å². The van der Waals surface area contributed by atoms with Gasteiger partial charge in [-0.2, -0.15) is 4.37 Å². The minimum absolute atomic E-state index is 0.795. The molecule has 2 nitrogen and oxygen atoms in total. The van der Waals surface area contributed by atoms with Crippen molar-refractivity contribution in [3.63, 3.8) is 0 Å². The second kappa shape index (κ2) is 3.18. The molecule has 0 aliphatic heterocycles. The fourth-order valence-electron chi connectivity index (χ4n) is 1.19. The van der Waals surface area contributed by atoms with Gasteiger partial charge in [0.2, 0.25) is 0 Å². The molecule has 0 bridgehead atoms. The summed E-state index contributed by atoms with van der Waals surface area (Å²) in [5.74, 6) is 0. The van der Waals surface area contributed by atoms with Crippen LogP contribution in [0.5, 0.6) is 0 Å². The Bertz CT molecular complexity index is 420. The van der Waals surface area contributed by atoms with E-state index in [4.69, 9.17) is 5.73 Å². The van der Waals surface area contributed by atoms with E-state index < -0.39 is 0 Å². The van der Waals surface area contributed by atoms with E-state index in [0.717, 1.165) is 16.9 Å². The molecule has 1 aromatic heterocycles. The van der Waals surface area contributed by atoms with Gasteiger partial charge in [0, 0.05) is 5.69 Å². The van der Waals surface area contributed by atoms with Crippen LogP contribution < -0.4 is 5.73 Å². The average molecular weight is 190 g/mol. The molecule has 0 fully saturated rings. The minimum Gasteiger partial charge on any atom is -0.399 e. The first kappa shape index (κ1) is 8.26. The Kier molecular flexibility index (Phi) is 2.02. The monoisotopic (exact) mass is 190 g/mol. The molecular formula is C10H10N2S. The van der Waals surface area contributed by atoms with Gasteiger partial charge in [-0.1, -0.05) is 12.1 Å². The molecule has 13 heavy (non-hydrogen) atoms. The van der Waals surface area contributed by atoms with Gasteiger partial charge in [-0.05, 0) is 42.2 Å². The Balaban J connectivity index is 2.46. The molecule has 66 valence electrons. The van der Waals surface area contributed by atoms with Crippen molar-refractivity contribution >= 4 is 17.2 Å². The van der Waals surface area contributed by atoms with Gasteiger partial charge >= 0.3 is 0 Å². The SMILES string of the molecule is Cc1cc(-c2cccc(N)c2)sn1. The van der Waals surface area contributed by atoms with Crippen LogP contribution in [0.3, 0.4) is 0 Å². The molecule has 0 aliphatic carbocycles. The molecule has 0 aliphatic rings. The number of aromatic nitrogens is 1. The first-order valence-corrected chi connectivity index (χ1v) is 4.82. The molecule has 1 aromatic carbocycles. The zero-order valence-electron chi connectivity index (χ0n) is 7.32. The van der Waals surface area contributed by atoms with Crippen LogP contribution in [0.15, 0.2) is 30.3 Å². The zero-order chi connectivity index (χ0) is 9.26. The van der Waals surface area contributed by atoms with Gasteiger partial charge < -0.3 is 5.73 Å². The minimum atomic E-state index is 0.795. The molecule has 2 aromatic rings. The lowest BCUT2D eigenvalue weighted by Gasteiger charge is -1.96. The van der Waals surface area contributed by atoms with E-state index in [1.165, 1.54) is 16.4 Å². The second-order valence-corrected chi connectivity index (χ2v) is 3.76. The Labute approximate surface area is 81.2 Å². The summed E-state index contributed by atoms with van der Waals surface area (Å²) in [6, 6.07) is 9.92. The van der Waals surface area contributed by atoms with Crippen molar-refractivity contribution in [2.45, 2.75) is 6.92 Å². The van der Waals surface area contributed by atoms with Crippen molar-refractivity contribution in [3.05, 3.63) is 36.0 Å². The summed E-state index contributed by atoms with van der Waals surface area (Å²) in [5, 5.41) is 0. The molecule has 0 atom stereocenters. The highest BCUT2D eigenvalue weighted by atomic mass is 32.1. The molecular weight excluding hydrogens is 180 g/mol. The van der Waals surface area contributed by atoms with E-state index in [2.05, 4.69) is 10.4 Å². The molecule has 0 spiro atoms. The van der Waals surface area contributed by atoms with Gasteiger partial charge in [-0.15, -0.1) is 0 Å².